The maximum Gasteiger partial charge on any atom is 0.338 e. The zero-order valence-corrected chi connectivity index (χ0v) is 14.7. The summed E-state index contributed by atoms with van der Waals surface area (Å²) in [6.07, 6.45) is -0.182. The van der Waals surface area contributed by atoms with Gasteiger partial charge < -0.3 is 20.7 Å². The molecule has 1 aliphatic rings. The van der Waals surface area contributed by atoms with Gasteiger partial charge in [0, 0.05) is 17.9 Å². The van der Waals surface area contributed by atoms with Gasteiger partial charge in [-0.15, -0.1) is 0 Å². The Kier molecular flexibility index (Phi) is 5.26. The highest BCUT2D eigenvalue weighted by Crippen LogP contribution is 2.31. The van der Waals surface area contributed by atoms with Crippen LogP contribution in [0.15, 0.2) is 35.5 Å². The van der Waals surface area contributed by atoms with Crippen LogP contribution in [0.1, 0.15) is 39.3 Å². The molecule has 3 N–H and O–H groups in total. The minimum absolute atomic E-state index is 0.182. The Morgan fingerprint density at radius 1 is 1.39 bits per heavy atom. The lowest BCUT2D eigenvalue weighted by molar-refractivity contribution is -0.143. The summed E-state index contributed by atoms with van der Waals surface area (Å²) in [5, 5.41) is 3.85. The molecule has 0 fully saturated rings. The fourth-order valence-electron chi connectivity index (χ4n) is 2.64. The molecule has 0 saturated carbocycles. The molecule has 1 aliphatic heterocycles. The van der Waals surface area contributed by atoms with Crippen LogP contribution in [0, 0.1) is 0 Å². The highest BCUT2D eigenvalue weighted by atomic mass is 32.1. The normalized spacial score (nSPS) is 18.2. The number of nitrogens with zero attached hydrogens (tertiary/aromatic N) is 1. The summed E-state index contributed by atoms with van der Waals surface area (Å²) in [6.45, 7) is 8.25. The largest absolute Gasteiger partial charge is 0.459 e. The summed E-state index contributed by atoms with van der Waals surface area (Å²) >= 11 is 5.44. The van der Waals surface area contributed by atoms with E-state index >= 15 is 0 Å². The first-order valence-corrected chi connectivity index (χ1v) is 8.11. The third-order valence-corrected chi connectivity index (χ3v) is 4.08. The molecule has 0 bridgehead atoms. The number of esters is 1. The van der Waals surface area contributed by atoms with Crippen molar-refractivity contribution in [1.82, 2.24) is 10.2 Å². The van der Waals surface area contributed by atoms with Gasteiger partial charge in [-0.1, -0.05) is 12.1 Å². The van der Waals surface area contributed by atoms with Gasteiger partial charge in [-0.3, -0.25) is 0 Å². The van der Waals surface area contributed by atoms with E-state index in [1.54, 1.807) is 0 Å². The molecule has 5 nitrogen and oxygen atoms in total. The van der Waals surface area contributed by atoms with Crippen LogP contribution in [-0.4, -0.2) is 28.6 Å². The number of carbonyl (C=O) groups excluding carboxylic acids is 1. The molecule has 0 aliphatic carbocycles. The Morgan fingerprint density at radius 2 is 2.00 bits per heavy atom. The summed E-state index contributed by atoms with van der Waals surface area (Å²) in [5.74, 6) is -0.326. The van der Waals surface area contributed by atoms with Gasteiger partial charge >= 0.3 is 5.97 Å². The van der Waals surface area contributed by atoms with Gasteiger partial charge in [0.15, 0.2) is 5.11 Å². The van der Waals surface area contributed by atoms with Crippen LogP contribution in [0.3, 0.4) is 0 Å². The van der Waals surface area contributed by atoms with E-state index in [0.29, 0.717) is 22.9 Å². The monoisotopic (exact) mass is 333 g/mol. The van der Waals surface area contributed by atoms with E-state index in [4.69, 9.17) is 22.7 Å². The lowest BCUT2D eigenvalue weighted by Crippen LogP contribution is -2.47. The maximum absolute atomic E-state index is 12.6. The van der Waals surface area contributed by atoms with Gasteiger partial charge in [-0.2, -0.15) is 0 Å². The molecule has 1 atom stereocenters. The Morgan fingerprint density at radius 3 is 2.52 bits per heavy atom. The lowest BCUT2D eigenvalue weighted by atomic mass is 9.95. The number of rotatable bonds is 4. The van der Waals surface area contributed by atoms with E-state index in [-0.39, 0.29) is 18.1 Å². The lowest BCUT2D eigenvalue weighted by Gasteiger charge is -2.37. The average molecular weight is 333 g/mol. The van der Waals surface area contributed by atoms with Crippen molar-refractivity contribution in [2.75, 3.05) is 12.3 Å². The van der Waals surface area contributed by atoms with Crippen LogP contribution in [0.2, 0.25) is 0 Å². The number of hydrogen-bond donors (Lipinski definition) is 2. The number of carbonyl (C=O) groups is 1. The van der Waals surface area contributed by atoms with Crippen LogP contribution < -0.4 is 11.1 Å². The predicted molar refractivity (Wildman–Crippen MR) is 95.6 cm³/mol. The zero-order chi connectivity index (χ0) is 17.1. The van der Waals surface area contributed by atoms with Crippen molar-refractivity contribution in [1.29, 1.82) is 0 Å². The molecule has 0 aromatic heterocycles. The number of hydrogen-bond acceptors (Lipinski definition) is 4. The Bertz CT molecular complexity index is 638. The molecule has 0 spiro atoms. The minimum Gasteiger partial charge on any atom is -0.459 e. The van der Waals surface area contributed by atoms with Gasteiger partial charge in [0.05, 0.1) is 17.7 Å². The van der Waals surface area contributed by atoms with Crippen molar-refractivity contribution < 1.29 is 9.53 Å². The van der Waals surface area contributed by atoms with Gasteiger partial charge in [0.25, 0.3) is 0 Å². The predicted octanol–water partition coefficient (Wildman–Crippen LogP) is 2.75. The number of allylic oxidation sites excluding steroid dienone is 1. The van der Waals surface area contributed by atoms with Crippen LogP contribution in [0.4, 0.5) is 5.69 Å². The molecule has 23 heavy (non-hydrogen) atoms. The summed E-state index contributed by atoms with van der Waals surface area (Å²) in [4.78, 5) is 14.5. The molecule has 124 valence electrons. The molecule has 0 unspecified atom stereocenters. The van der Waals surface area contributed by atoms with E-state index in [0.717, 1.165) is 11.3 Å². The highest BCUT2D eigenvalue weighted by molar-refractivity contribution is 7.80. The number of thiocarbonyl (C=S) groups is 1. The van der Waals surface area contributed by atoms with E-state index < -0.39 is 0 Å². The number of ether oxygens (including phenoxy) is 1. The Balaban J connectivity index is 2.49. The van der Waals surface area contributed by atoms with Gasteiger partial charge in [0.2, 0.25) is 0 Å². The second-order valence-corrected chi connectivity index (χ2v) is 6.13. The molecule has 1 aromatic rings. The van der Waals surface area contributed by atoms with Crippen molar-refractivity contribution in [3.05, 3.63) is 41.1 Å². The molecule has 6 heteroatoms. The molecular formula is C17H23N3O2S. The fourth-order valence-corrected chi connectivity index (χ4v) is 3.03. The van der Waals surface area contributed by atoms with Gasteiger partial charge in [0.1, 0.15) is 0 Å². The first-order chi connectivity index (χ1) is 10.8. The SMILES string of the molecule is CCN1C(=S)N[C@@H](c2ccc(N)cc2)C(C(=O)OC(C)C)=C1C. The number of nitrogens with one attached hydrogen (secondary N) is 1. The highest BCUT2D eigenvalue weighted by Gasteiger charge is 2.34. The maximum atomic E-state index is 12.6. The molecule has 0 amide bonds. The second-order valence-electron chi connectivity index (χ2n) is 5.75. The summed E-state index contributed by atoms with van der Waals surface area (Å²) < 4.78 is 5.43. The van der Waals surface area contributed by atoms with Crippen molar-refractivity contribution >= 4 is 29.0 Å². The minimum atomic E-state index is -0.336. The quantitative estimate of drug-likeness (QED) is 0.502. The summed E-state index contributed by atoms with van der Waals surface area (Å²) in [5.41, 5.74) is 8.76. The van der Waals surface area contributed by atoms with Crippen LogP contribution in [0.5, 0.6) is 0 Å². The number of anilines is 1. The van der Waals surface area contributed by atoms with Crippen LogP contribution in [0.25, 0.3) is 0 Å². The number of benzene rings is 1. The first-order valence-electron chi connectivity index (χ1n) is 7.70. The third-order valence-electron chi connectivity index (χ3n) is 3.74. The zero-order valence-electron chi connectivity index (χ0n) is 13.9. The van der Waals surface area contributed by atoms with E-state index in [9.17, 15) is 4.79 Å². The van der Waals surface area contributed by atoms with E-state index in [1.165, 1.54) is 0 Å². The number of nitrogens with two attached hydrogens (primary N) is 1. The molecular weight excluding hydrogens is 310 g/mol. The van der Waals surface area contributed by atoms with Crippen molar-refractivity contribution in [2.45, 2.75) is 39.8 Å². The third kappa shape index (κ3) is 3.64. The van der Waals surface area contributed by atoms with Gasteiger partial charge in [-0.05, 0) is 57.6 Å². The van der Waals surface area contributed by atoms with Crippen LogP contribution in [-0.2, 0) is 9.53 Å². The first kappa shape index (κ1) is 17.3. The Labute approximate surface area is 142 Å². The standard InChI is InChI=1S/C17H23N3O2S/c1-5-20-11(4)14(16(21)22-10(2)3)15(19-17(20)23)12-6-8-13(18)9-7-12/h6-10,15H,5,18H2,1-4H3,(H,19,23)/t15-/m0/s1. The fraction of sp³-hybridized carbons (Fsp3) is 0.412. The van der Waals surface area contributed by atoms with E-state index in [1.807, 2.05) is 56.9 Å². The van der Waals surface area contributed by atoms with Crippen molar-refractivity contribution in [3.63, 3.8) is 0 Å². The van der Waals surface area contributed by atoms with E-state index in [2.05, 4.69) is 5.32 Å². The molecule has 1 aromatic carbocycles. The van der Waals surface area contributed by atoms with Crippen molar-refractivity contribution in [3.8, 4) is 0 Å². The molecule has 2 rings (SSSR count). The smallest absolute Gasteiger partial charge is 0.338 e. The summed E-state index contributed by atoms with van der Waals surface area (Å²) in [6, 6.07) is 7.08. The molecule has 1 heterocycles. The molecule has 0 radical (unpaired) electrons. The molecule has 0 saturated heterocycles. The summed E-state index contributed by atoms with van der Waals surface area (Å²) in [7, 11) is 0. The van der Waals surface area contributed by atoms with Crippen molar-refractivity contribution in [2.24, 2.45) is 0 Å². The van der Waals surface area contributed by atoms with Gasteiger partial charge in [-0.25, -0.2) is 4.79 Å². The topological polar surface area (TPSA) is 67.6 Å². The number of nitrogen functional groups attached to an aromatic ring is 1. The Hall–Kier alpha value is -2.08. The average Bonchev–Trinajstić information content (AvgIpc) is 2.46. The second kappa shape index (κ2) is 7.00. The van der Waals surface area contributed by atoms with Crippen LogP contribution >= 0.6 is 12.2 Å².